The van der Waals surface area contributed by atoms with Gasteiger partial charge in [0.1, 0.15) is 23.9 Å². The first-order valence-electron chi connectivity index (χ1n) is 10.5. The molecule has 0 radical (unpaired) electrons. The van der Waals surface area contributed by atoms with Gasteiger partial charge in [-0.05, 0) is 38.0 Å². The van der Waals surface area contributed by atoms with Gasteiger partial charge in [-0.2, -0.15) is 0 Å². The number of carbonyl (C=O) groups is 5. The molecule has 1 rings (SSSR count). The summed E-state index contributed by atoms with van der Waals surface area (Å²) in [5, 5.41) is 35.6. The van der Waals surface area contributed by atoms with E-state index in [1.165, 1.54) is 38.1 Å². The summed E-state index contributed by atoms with van der Waals surface area (Å²) < 4.78 is 0. The molecule has 1 aromatic rings. The Labute approximate surface area is 195 Å². The van der Waals surface area contributed by atoms with Gasteiger partial charge in [-0.3, -0.25) is 19.2 Å². The predicted molar refractivity (Wildman–Crippen MR) is 119 cm³/mol. The number of aliphatic hydroxyl groups excluding tert-OH is 1. The topological polar surface area (TPSA) is 234 Å². The minimum absolute atomic E-state index is 0.00780. The van der Waals surface area contributed by atoms with E-state index in [1.807, 2.05) is 0 Å². The molecule has 5 atom stereocenters. The zero-order chi connectivity index (χ0) is 26.0. The third-order valence-corrected chi connectivity index (χ3v) is 4.84. The van der Waals surface area contributed by atoms with Gasteiger partial charge >= 0.3 is 5.97 Å². The number of nitrogens with one attached hydrogen (secondary N) is 3. The van der Waals surface area contributed by atoms with Crippen LogP contribution in [-0.4, -0.2) is 75.2 Å². The summed E-state index contributed by atoms with van der Waals surface area (Å²) in [7, 11) is 0. The second-order valence-corrected chi connectivity index (χ2v) is 7.84. The van der Waals surface area contributed by atoms with Crippen LogP contribution in [0.15, 0.2) is 24.3 Å². The number of hydrogen-bond acceptors (Lipinski definition) is 8. The van der Waals surface area contributed by atoms with Crippen LogP contribution in [-0.2, 0) is 30.4 Å². The van der Waals surface area contributed by atoms with Crippen molar-refractivity contribution < 1.29 is 39.3 Å². The van der Waals surface area contributed by atoms with Gasteiger partial charge in [-0.15, -0.1) is 0 Å². The van der Waals surface area contributed by atoms with Gasteiger partial charge in [0.25, 0.3) is 0 Å². The number of hydrogen-bond donors (Lipinski definition) is 8. The Bertz CT molecular complexity index is 890. The maximum Gasteiger partial charge on any atom is 0.326 e. The lowest BCUT2D eigenvalue weighted by molar-refractivity contribution is -0.143. The summed E-state index contributed by atoms with van der Waals surface area (Å²) in [6.07, 6.45) is -1.65. The minimum Gasteiger partial charge on any atom is -0.508 e. The van der Waals surface area contributed by atoms with Gasteiger partial charge in [-0.1, -0.05) is 12.1 Å². The molecule has 188 valence electrons. The van der Waals surface area contributed by atoms with Crippen molar-refractivity contribution in [1.29, 1.82) is 0 Å². The molecule has 34 heavy (non-hydrogen) atoms. The highest BCUT2D eigenvalue weighted by Gasteiger charge is 2.31. The highest BCUT2D eigenvalue weighted by atomic mass is 16.4. The second-order valence-electron chi connectivity index (χ2n) is 7.84. The van der Waals surface area contributed by atoms with Crippen molar-refractivity contribution in [3.05, 3.63) is 29.8 Å². The number of carbonyl (C=O) groups excluding carboxylic acids is 4. The van der Waals surface area contributed by atoms with E-state index in [4.69, 9.17) is 11.5 Å². The highest BCUT2D eigenvalue weighted by molar-refractivity contribution is 5.94. The van der Waals surface area contributed by atoms with Crippen molar-refractivity contribution in [2.45, 2.75) is 63.4 Å². The van der Waals surface area contributed by atoms with Gasteiger partial charge in [0, 0.05) is 12.8 Å². The van der Waals surface area contributed by atoms with E-state index >= 15 is 0 Å². The number of amides is 4. The lowest BCUT2D eigenvalue weighted by Gasteiger charge is -2.25. The molecule has 0 aliphatic carbocycles. The minimum atomic E-state index is -1.52. The number of primary amides is 1. The Morgan fingerprint density at radius 2 is 1.53 bits per heavy atom. The van der Waals surface area contributed by atoms with Crippen molar-refractivity contribution in [1.82, 2.24) is 16.0 Å². The van der Waals surface area contributed by atoms with Crippen LogP contribution in [0.4, 0.5) is 0 Å². The van der Waals surface area contributed by atoms with Gasteiger partial charge in [-0.25, -0.2) is 4.79 Å². The van der Waals surface area contributed by atoms with Crippen LogP contribution in [0.2, 0.25) is 0 Å². The summed E-state index contributed by atoms with van der Waals surface area (Å²) in [5.74, 6) is -4.49. The third kappa shape index (κ3) is 9.42. The molecule has 0 aliphatic rings. The zero-order valence-electron chi connectivity index (χ0n) is 18.9. The quantitative estimate of drug-likeness (QED) is 0.148. The number of nitrogens with two attached hydrogens (primary N) is 2. The fourth-order valence-corrected chi connectivity index (χ4v) is 2.83. The fourth-order valence-electron chi connectivity index (χ4n) is 2.83. The van der Waals surface area contributed by atoms with Crippen LogP contribution in [0.25, 0.3) is 0 Å². The molecule has 0 aromatic heterocycles. The molecule has 5 unspecified atom stereocenters. The number of aliphatic carboxylic acids is 1. The number of carboxylic acids is 1. The molecule has 0 aliphatic heterocycles. The molecule has 4 amide bonds. The first kappa shape index (κ1) is 28.3. The summed E-state index contributed by atoms with van der Waals surface area (Å²) in [4.78, 5) is 59.6. The number of benzene rings is 1. The molecule has 0 fully saturated rings. The van der Waals surface area contributed by atoms with E-state index in [0.717, 1.165) is 0 Å². The Kier molecular flexibility index (Phi) is 10.9. The van der Waals surface area contributed by atoms with Crippen LogP contribution in [0.5, 0.6) is 5.75 Å². The molecule has 0 saturated heterocycles. The molecule has 1 aromatic carbocycles. The largest absolute Gasteiger partial charge is 0.508 e. The van der Waals surface area contributed by atoms with E-state index in [1.54, 1.807) is 0 Å². The lowest BCUT2D eigenvalue weighted by atomic mass is 10.0. The van der Waals surface area contributed by atoms with E-state index < -0.39 is 59.9 Å². The Balaban J connectivity index is 2.77. The maximum atomic E-state index is 12.6. The Hall–Kier alpha value is -3.71. The lowest BCUT2D eigenvalue weighted by Crippen LogP contribution is -2.59. The Morgan fingerprint density at radius 1 is 0.941 bits per heavy atom. The normalized spacial score (nSPS) is 15.2. The van der Waals surface area contributed by atoms with Crippen LogP contribution in [0.1, 0.15) is 32.3 Å². The van der Waals surface area contributed by atoms with Gasteiger partial charge in [0.2, 0.25) is 23.6 Å². The van der Waals surface area contributed by atoms with Crippen molar-refractivity contribution in [2.24, 2.45) is 11.5 Å². The van der Waals surface area contributed by atoms with Crippen molar-refractivity contribution in [3.8, 4) is 5.75 Å². The summed E-state index contributed by atoms with van der Waals surface area (Å²) in [5.41, 5.74) is 11.2. The molecule has 13 heteroatoms. The second kappa shape index (κ2) is 13.1. The first-order chi connectivity index (χ1) is 15.8. The van der Waals surface area contributed by atoms with E-state index in [2.05, 4.69) is 16.0 Å². The molecule has 0 saturated carbocycles. The number of aliphatic hydroxyl groups is 1. The van der Waals surface area contributed by atoms with Gasteiger partial charge in [0.05, 0.1) is 12.1 Å². The SMILES string of the molecule is CC(NC(=O)C(N)CCC(N)=O)C(=O)NC(C(=O)NC(Cc1ccc(O)cc1)C(=O)O)C(C)O. The maximum absolute atomic E-state index is 12.6. The monoisotopic (exact) mass is 481 g/mol. The standard InChI is InChI=1S/C21H31N5O8/c1-10(24-19(31)14(22)7-8-16(23)29)18(30)26-17(11(2)27)20(32)25-15(21(33)34)9-12-3-5-13(28)6-4-12/h3-6,10-11,14-15,17,27-28H,7-9,22H2,1-2H3,(H2,23,29)(H,24,31)(H,25,32)(H,26,30)(H,33,34). The summed E-state index contributed by atoms with van der Waals surface area (Å²) in [6, 6.07) is 0.568. The Morgan fingerprint density at radius 3 is 2.03 bits per heavy atom. The highest BCUT2D eigenvalue weighted by Crippen LogP contribution is 2.12. The average Bonchev–Trinajstić information content (AvgIpc) is 2.75. The van der Waals surface area contributed by atoms with Gasteiger partial charge in [0.15, 0.2) is 0 Å². The van der Waals surface area contributed by atoms with Crippen molar-refractivity contribution >= 4 is 29.6 Å². The smallest absolute Gasteiger partial charge is 0.326 e. The molecule has 0 spiro atoms. The van der Waals surface area contributed by atoms with Crippen LogP contribution in [0.3, 0.4) is 0 Å². The van der Waals surface area contributed by atoms with Crippen LogP contribution >= 0.6 is 0 Å². The molecule has 10 N–H and O–H groups in total. The predicted octanol–water partition coefficient (Wildman–Crippen LogP) is -2.53. The first-order valence-corrected chi connectivity index (χ1v) is 10.5. The number of aromatic hydroxyl groups is 1. The van der Waals surface area contributed by atoms with Gasteiger partial charge < -0.3 is 42.7 Å². The molecular weight excluding hydrogens is 450 g/mol. The van der Waals surface area contributed by atoms with Crippen LogP contribution in [0, 0.1) is 0 Å². The van der Waals surface area contributed by atoms with Crippen LogP contribution < -0.4 is 27.4 Å². The third-order valence-electron chi connectivity index (χ3n) is 4.84. The number of phenols is 1. The molecule has 0 heterocycles. The molecule has 0 bridgehead atoms. The number of carboxylic acid groups (broad SMARTS) is 1. The zero-order valence-corrected chi connectivity index (χ0v) is 18.9. The summed E-state index contributed by atoms with van der Waals surface area (Å²) >= 11 is 0. The van der Waals surface area contributed by atoms with E-state index in [9.17, 15) is 39.3 Å². The molecule has 13 nitrogen and oxygen atoms in total. The number of phenolic OH excluding ortho intramolecular Hbond substituents is 1. The average molecular weight is 482 g/mol. The molecular formula is C21H31N5O8. The fraction of sp³-hybridized carbons (Fsp3) is 0.476. The van der Waals surface area contributed by atoms with E-state index in [-0.39, 0.29) is 25.0 Å². The number of rotatable bonds is 13. The summed E-state index contributed by atoms with van der Waals surface area (Å²) in [6.45, 7) is 2.54. The van der Waals surface area contributed by atoms with E-state index in [0.29, 0.717) is 5.56 Å². The van der Waals surface area contributed by atoms with Crippen molar-refractivity contribution in [3.63, 3.8) is 0 Å². The van der Waals surface area contributed by atoms with Crippen molar-refractivity contribution in [2.75, 3.05) is 0 Å².